The minimum Gasteiger partial charge on any atom is -0.335 e. The molecule has 3 fully saturated rings. The molecule has 1 saturated carbocycles. The van der Waals surface area contributed by atoms with Crippen molar-refractivity contribution in [2.75, 3.05) is 24.5 Å². The van der Waals surface area contributed by atoms with Crippen molar-refractivity contribution in [1.29, 1.82) is 0 Å². The van der Waals surface area contributed by atoms with Crippen LogP contribution in [0.15, 0.2) is 0 Å². The largest absolute Gasteiger partial charge is 0.335 e. The Labute approximate surface area is 120 Å². The molecule has 2 unspecified atom stereocenters. The SMILES string of the molecule is CC1(c2nc(N3CCCC4CNCC43)n[nH]2)CCCC1. The van der Waals surface area contributed by atoms with Gasteiger partial charge in [-0.15, -0.1) is 5.10 Å². The van der Waals surface area contributed by atoms with Gasteiger partial charge in [-0.2, -0.15) is 4.98 Å². The molecule has 4 rings (SSSR count). The number of hydrogen-bond donors (Lipinski definition) is 2. The summed E-state index contributed by atoms with van der Waals surface area (Å²) in [6.07, 6.45) is 7.76. The first-order chi connectivity index (χ1) is 9.76. The summed E-state index contributed by atoms with van der Waals surface area (Å²) < 4.78 is 0. The molecular weight excluding hydrogens is 250 g/mol. The Balaban J connectivity index is 1.58. The zero-order chi connectivity index (χ0) is 13.6. The lowest BCUT2D eigenvalue weighted by molar-refractivity contribution is 0.380. The van der Waals surface area contributed by atoms with Crippen LogP contribution in [-0.2, 0) is 5.41 Å². The Kier molecular flexibility index (Phi) is 2.98. The standard InChI is InChI=1S/C15H25N5/c1-15(6-2-3-7-15)13-17-14(19-18-13)20-8-4-5-11-9-16-10-12(11)20/h11-12,16H,2-10H2,1H3,(H,17,18,19). The summed E-state index contributed by atoms with van der Waals surface area (Å²) in [6, 6.07) is 0.601. The number of rotatable bonds is 2. The first kappa shape index (κ1) is 12.6. The number of fused-ring (bicyclic) bond motifs is 1. The molecule has 1 aliphatic carbocycles. The molecule has 2 N–H and O–H groups in total. The summed E-state index contributed by atoms with van der Waals surface area (Å²) in [4.78, 5) is 7.32. The van der Waals surface area contributed by atoms with Crippen LogP contribution in [0.5, 0.6) is 0 Å². The van der Waals surface area contributed by atoms with Crippen molar-refractivity contribution in [2.24, 2.45) is 5.92 Å². The van der Waals surface area contributed by atoms with Gasteiger partial charge in [0.15, 0.2) is 0 Å². The van der Waals surface area contributed by atoms with Gasteiger partial charge in [0.05, 0.1) is 0 Å². The summed E-state index contributed by atoms with van der Waals surface area (Å²) in [6.45, 7) is 5.69. The third kappa shape index (κ3) is 1.94. The third-order valence-corrected chi connectivity index (χ3v) is 5.69. The van der Waals surface area contributed by atoms with E-state index in [2.05, 4.69) is 27.3 Å². The van der Waals surface area contributed by atoms with Crippen molar-refractivity contribution in [3.63, 3.8) is 0 Å². The molecule has 3 heterocycles. The van der Waals surface area contributed by atoms with E-state index in [9.17, 15) is 0 Å². The van der Waals surface area contributed by atoms with Crippen molar-refractivity contribution in [2.45, 2.75) is 56.9 Å². The fourth-order valence-corrected chi connectivity index (χ4v) is 4.36. The topological polar surface area (TPSA) is 56.8 Å². The van der Waals surface area contributed by atoms with Gasteiger partial charge < -0.3 is 10.2 Å². The van der Waals surface area contributed by atoms with Gasteiger partial charge in [0.2, 0.25) is 5.95 Å². The molecule has 5 nitrogen and oxygen atoms in total. The minimum atomic E-state index is 0.231. The molecule has 20 heavy (non-hydrogen) atoms. The summed E-state index contributed by atoms with van der Waals surface area (Å²) in [5.74, 6) is 2.83. The highest BCUT2D eigenvalue weighted by Crippen LogP contribution is 2.39. The number of piperidine rings is 1. The van der Waals surface area contributed by atoms with Crippen molar-refractivity contribution in [3.05, 3.63) is 5.82 Å². The smallest absolute Gasteiger partial charge is 0.245 e. The molecule has 3 aliphatic rings. The second-order valence-corrected chi connectivity index (χ2v) is 7.07. The molecule has 0 aromatic carbocycles. The molecule has 0 radical (unpaired) electrons. The number of hydrogen-bond acceptors (Lipinski definition) is 4. The van der Waals surface area contributed by atoms with Crippen LogP contribution >= 0.6 is 0 Å². The van der Waals surface area contributed by atoms with Crippen molar-refractivity contribution in [1.82, 2.24) is 20.5 Å². The molecule has 1 aromatic rings. The lowest BCUT2D eigenvalue weighted by Crippen LogP contribution is -2.45. The van der Waals surface area contributed by atoms with Crippen LogP contribution in [0.4, 0.5) is 5.95 Å². The van der Waals surface area contributed by atoms with Crippen LogP contribution in [0.3, 0.4) is 0 Å². The molecular formula is C15H25N5. The molecule has 110 valence electrons. The van der Waals surface area contributed by atoms with E-state index < -0.39 is 0 Å². The lowest BCUT2D eigenvalue weighted by atomic mass is 9.88. The van der Waals surface area contributed by atoms with Crippen LogP contribution in [0.25, 0.3) is 0 Å². The molecule has 2 saturated heterocycles. The molecule has 2 aliphatic heterocycles. The number of aromatic nitrogens is 3. The van der Waals surface area contributed by atoms with E-state index in [1.54, 1.807) is 0 Å². The number of anilines is 1. The Morgan fingerprint density at radius 1 is 1.20 bits per heavy atom. The van der Waals surface area contributed by atoms with Gasteiger partial charge in [0.1, 0.15) is 5.82 Å². The minimum absolute atomic E-state index is 0.231. The average Bonchev–Trinajstić information content (AvgIpc) is 3.18. The van der Waals surface area contributed by atoms with Crippen LogP contribution in [0.2, 0.25) is 0 Å². The maximum absolute atomic E-state index is 4.88. The van der Waals surface area contributed by atoms with Crippen LogP contribution in [0.1, 0.15) is 51.3 Å². The Morgan fingerprint density at radius 3 is 2.90 bits per heavy atom. The molecule has 0 bridgehead atoms. The Hall–Kier alpha value is -1.10. The van der Waals surface area contributed by atoms with Crippen LogP contribution in [0, 0.1) is 5.92 Å². The summed E-state index contributed by atoms with van der Waals surface area (Å²) in [5.41, 5.74) is 0.231. The number of nitrogens with one attached hydrogen (secondary N) is 2. The molecule has 5 heteroatoms. The van der Waals surface area contributed by atoms with Gasteiger partial charge in [-0.3, -0.25) is 5.10 Å². The molecule has 1 aromatic heterocycles. The number of H-pyrrole nitrogens is 1. The van der Waals surface area contributed by atoms with E-state index in [1.165, 1.54) is 38.5 Å². The fraction of sp³-hybridized carbons (Fsp3) is 0.867. The maximum Gasteiger partial charge on any atom is 0.245 e. The maximum atomic E-state index is 4.88. The second-order valence-electron chi connectivity index (χ2n) is 7.07. The highest BCUT2D eigenvalue weighted by molar-refractivity contribution is 5.34. The second kappa shape index (κ2) is 4.72. The van der Waals surface area contributed by atoms with E-state index >= 15 is 0 Å². The van der Waals surface area contributed by atoms with Crippen LogP contribution < -0.4 is 10.2 Å². The van der Waals surface area contributed by atoms with Gasteiger partial charge in [-0.05, 0) is 31.6 Å². The lowest BCUT2D eigenvalue weighted by Gasteiger charge is -2.36. The predicted octanol–water partition coefficient (Wildman–Crippen LogP) is 1.82. The van der Waals surface area contributed by atoms with E-state index in [0.29, 0.717) is 6.04 Å². The van der Waals surface area contributed by atoms with Gasteiger partial charge in [-0.25, -0.2) is 0 Å². The summed E-state index contributed by atoms with van der Waals surface area (Å²) >= 11 is 0. The van der Waals surface area contributed by atoms with Crippen molar-refractivity contribution in [3.8, 4) is 0 Å². The molecule has 2 atom stereocenters. The average molecular weight is 275 g/mol. The number of aromatic amines is 1. The van der Waals surface area contributed by atoms with Crippen LogP contribution in [-0.4, -0.2) is 40.9 Å². The predicted molar refractivity (Wildman–Crippen MR) is 78.9 cm³/mol. The Morgan fingerprint density at radius 2 is 2.05 bits per heavy atom. The van der Waals surface area contributed by atoms with Crippen molar-refractivity contribution >= 4 is 5.95 Å². The summed E-state index contributed by atoms with van der Waals surface area (Å²) in [5, 5.41) is 11.3. The van der Waals surface area contributed by atoms with Gasteiger partial charge in [-0.1, -0.05) is 19.8 Å². The fourth-order valence-electron chi connectivity index (χ4n) is 4.36. The normalized spacial score (nSPS) is 32.5. The first-order valence-electron chi connectivity index (χ1n) is 8.16. The highest BCUT2D eigenvalue weighted by Gasteiger charge is 2.38. The highest BCUT2D eigenvalue weighted by atomic mass is 15.4. The van der Waals surface area contributed by atoms with E-state index in [-0.39, 0.29) is 5.41 Å². The van der Waals surface area contributed by atoms with E-state index in [0.717, 1.165) is 37.3 Å². The monoisotopic (exact) mass is 275 g/mol. The van der Waals surface area contributed by atoms with E-state index in [4.69, 9.17) is 4.98 Å². The quantitative estimate of drug-likeness (QED) is 0.864. The van der Waals surface area contributed by atoms with E-state index in [1.807, 2.05) is 0 Å². The Bertz CT molecular complexity index is 476. The first-order valence-corrected chi connectivity index (χ1v) is 8.16. The van der Waals surface area contributed by atoms with Gasteiger partial charge >= 0.3 is 0 Å². The molecule has 0 spiro atoms. The summed E-state index contributed by atoms with van der Waals surface area (Å²) in [7, 11) is 0. The molecule has 0 amide bonds. The van der Waals surface area contributed by atoms with Crippen molar-refractivity contribution < 1.29 is 0 Å². The number of nitrogens with zero attached hydrogens (tertiary/aromatic N) is 3. The zero-order valence-corrected chi connectivity index (χ0v) is 12.4. The van der Waals surface area contributed by atoms with Gasteiger partial charge in [0, 0.05) is 31.1 Å². The van der Waals surface area contributed by atoms with Gasteiger partial charge in [0.25, 0.3) is 0 Å². The third-order valence-electron chi connectivity index (χ3n) is 5.69. The zero-order valence-electron chi connectivity index (χ0n) is 12.4.